The molecule has 1 aliphatic carbocycles. The van der Waals surface area contributed by atoms with Gasteiger partial charge in [-0.2, -0.15) is 0 Å². The molecule has 1 saturated heterocycles. The molecule has 4 rings (SSSR count). The summed E-state index contributed by atoms with van der Waals surface area (Å²) in [4.78, 5) is 24.6. The number of nitrogens with one attached hydrogen (secondary N) is 1. The molecule has 0 aromatic carbocycles. The van der Waals surface area contributed by atoms with Crippen molar-refractivity contribution in [2.45, 2.75) is 32.6 Å². The van der Waals surface area contributed by atoms with Crippen molar-refractivity contribution >= 4 is 44.8 Å². The Morgan fingerprint density at radius 1 is 1.23 bits per heavy atom. The van der Waals surface area contributed by atoms with Gasteiger partial charge in [0.15, 0.2) is 5.11 Å². The lowest BCUT2D eigenvalue weighted by Gasteiger charge is -2.37. The van der Waals surface area contributed by atoms with Crippen LogP contribution in [0.15, 0.2) is 4.79 Å². The van der Waals surface area contributed by atoms with Crippen LogP contribution in [0.5, 0.6) is 0 Å². The van der Waals surface area contributed by atoms with Gasteiger partial charge in [-0.25, -0.2) is 4.98 Å². The molecule has 1 fully saturated rings. The number of nitrogens with zero attached hydrogens (tertiary/aromatic N) is 4. The number of thiocarbonyl (C=S) groups is 1. The standard InChI is InChI=1S/C18H25N5OS2/c1-3-19-18(25)23-10-8-22(9-11-23)17-20-15-14(16(24)21(17)2)12-6-4-5-7-13(12)26-15/h3-11H2,1-2H3,(H,19,25). The fourth-order valence-corrected chi connectivity index (χ4v) is 5.50. The Morgan fingerprint density at radius 2 is 1.96 bits per heavy atom. The van der Waals surface area contributed by atoms with Crippen LogP contribution in [0.25, 0.3) is 10.2 Å². The lowest BCUT2D eigenvalue weighted by Crippen LogP contribution is -2.52. The van der Waals surface area contributed by atoms with Gasteiger partial charge in [-0.3, -0.25) is 9.36 Å². The van der Waals surface area contributed by atoms with Crippen molar-refractivity contribution in [1.29, 1.82) is 0 Å². The van der Waals surface area contributed by atoms with Gasteiger partial charge in [0, 0.05) is 44.6 Å². The smallest absolute Gasteiger partial charge is 0.263 e. The molecule has 140 valence electrons. The molecule has 2 aromatic rings. The molecule has 0 atom stereocenters. The predicted molar refractivity (Wildman–Crippen MR) is 112 cm³/mol. The zero-order chi connectivity index (χ0) is 18.3. The second-order valence-corrected chi connectivity index (χ2v) is 8.45. The van der Waals surface area contributed by atoms with Crippen LogP contribution < -0.4 is 15.8 Å². The third kappa shape index (κ3) is 2.99. The van der Waals surface area contributed by atoms with E-state index in [2.05, 4.69) is 22.0 Å². The molecule has 6 nitrogen and oxygen atoms in total. The third-order valence-electron chi connectivity index (χ3n) is 5.35. The number of fused-ring (bicyclic) bond motifs is 3. The van der Waals surface area contributed by atoms with E-state index >= 15 is 0 Å². The first-order valence-corrected chi connectivity index (χ1v) is 10.6. The summed E-state index contributed by atoms with van der Waals surface area (Å²) in [6.45, 7) is 6.24. The highest BCUT2D eigenvalue weighted by atomic mass is 32.1. The maximum Gasteiger partial charge on any atom is 0.263 e. The molecule has 0 spiro atoms. The Labute approximate surface area is 162 Å². The fourth-order valence-electron chi connectivity index (χ4n) is 3.93. The van der Waals surface area contributed by atoms with Crippen LogP contribution in [0.3, 0.4) is 0 Å². The summed E-state index contributed by atoms with van der Waals surface area (Å²) in [7, 11) is 1.85. The second-order valence-electron chi connectivity index (χ2n) is 6.98. The molecule has 0 radical (unpaired) electrons. The highest BCUT2D eigenvalue weighted by Crippen LogP contribution is 2.34. The summed E-state index contributed by atoms with van der Waals surface area (Å²) in [5, 5.41) is 4.89. The van der Waals surface area contributed by atoms with Gasteiger partial charge in [-0.05, 0) is 50.4 Å². The molecule has 0 unspecified atom stereocenters. The van der Waals surface area contributed by atoms with Crippen LogP contribution in [-0.4, -0.2) is 52.3 Å². The van der Waals surface area contributed by atoms with Crippen LogP contribution in [0.2, 0.25) is 0 Å². The second kappa shape index (κ2) is 7.15. The summed E-state index contributed by atoms with van der Waals surface area (Å²) in [5.41, 5.74) is 1.37. The van der Waals surface area contributed by atoms with Gasteiger partial charge in [0.2, 0.25) is 5.95 Å². The molecule has 3 heterocycles. The van der Waals surface area contributed by atoms with Gasteiger partial charge >= 0.3 is 0 Å². The summed E-state index contributed by atoms with van der Waals surface area (Å²) in [6, 6.07) is 0. The first kappa shape index (κ1) is 17.7. The van der Waals surface area contributed by atoms with Crippen molar-refractivity contribution in [3.63, 3.8) is 0 Å². The summed E-state index contributed by atoms with van der Waals surface area (Å²) in [5.74, 6) is 0.787. The molecule has 0 bridgehead atoms. The van der Waals surface area contributed by atoms with Crippen molar-refractivity contribution in [2.24, 2.45) is 7.05 Å². The Bertz CT molecular complexity index is 895. The van der Waals surface area contributed by atoms with Crippen LogP contribution in [0, 0.1) is 0 Å². The van der Waals surface area contributed by atoms with Crippen molar-refractivity contribution in [2.75, 3.05) is 37.6 Å². The number of hydrogen-bond acceptors (Lipinski definition) is 5. The van der Waals surface area contributed by atoms with E-state index in [4.69, 9.17) is 17.2 Å². The topological polar surface area (TPSA) is 53.4 Å². The van der Waals surface area contributed by atoms with Gasteiger partial charge in [0.1, 0.15) is 4.83 Å². The highest BCUT2D eigenvalue weighted by molar-refractivity contribution is 7.80. The van der Waals surface area contributed by atoms with E-state index in [1.165, 1.54) is 23.3 Å². The molecule has 2 aliphatic rings. The number of piperazine rings is 1. The Morgan fingerprint density at radius 3 is 2.69 bits per heavy atom. The number of anilines is 1. The number of thiophene rings is 1. The molecule has 26 heavy (non-hydrogen) atoms. The monoisotopic (exact) mass is 391 g/mol. The lowest BCUT2D eigenvalue weighted by atomic mass is 9.97. The molecule has 2 aromatic heterocycles. The number of hydrogen-bond donors (Lipinski definition) is 1. The third-order valence-corrected chi connectivity index (χ3v) is 6.94. The van der Waals surface area contributed by atoms with E-state index < -0.39 is 0 Å². The number of rotatable bonds is 2. The maximum atomic E-state index is 13.0. The molecule has 0 saturated carbocycles. The fraction of sp³-hybridized carbons (Fsp3) is 0.611. The van der Waals surface area contributed by atoms with E-state index in [-0.39, 0.29) is 5.56 Å². The van der Waals surface area contributed by atoms with E-state index in [1.54, 1.807) is 15.9 Å². The van der Waals surface area contributed by atoms with E-state index in [0.717, 1.165) is 66.8 Å². The largest absolute Gasteiger partial charge is 0.363 e. The van der Waals surface area contributed by atoms with Crippen molar-refractivity contribution < 1.29 is 0 Å². The number of aryl methyl sites for hydroxylation is 2. The van der Waals surface area contributed by atoms with Crippen LogP contribution in [-0.2, 0) is 19.9 Å². The highest BCUT2D eigenvalue weighted by Gasteiger charge is 2.25. The maximum absolute atomic E-state index is 13.0. The summed E-state index contributed by atoms with van der Waals surface area (Å²) in [6.07, 6.45) is 4.51. The molecular formula is C18H25N5OS2. The molecule has 1 aliphatic heterocycles. The zero-order valence-corrected chi connectivity index (χ0v) is 17.0. The first-order valence-electron chi connectivity index (χ1n) is 9.39. The van der Waals surface area contributed by atoms with E-state index in [1.807, 2.05) is 7.05 Å². The molecule has 0 amide bonds. The van der Waals surface area contributed by atoms with Gasteiger partial charge in [-0.15, -0.1) is 11.3 Å². The van der Waals surface area contributed by atoms with Gasteiger partial charge < -0.3 is 15.1 Å². The van der Waals surface area contributed by atoms with Gasteiger partial charge in [0.05, 0.1) is 5.39 Å². The minimum absolute atomic E-state index is 0.106. The zero-order valence-electron chi connectivity index (χ0n) is 15.4. The lowest BCUT2D eigenvalue weighted by molar-refractivity contribution is 0.376. The van der Waals surface area contributed by atoms with E-state index in [0.29, 0.717) is 0 Å². The molecule has 1 N–H and O–H groups in total. The molecule has 8 heteroatoms. The summed E-state index contributed by atoms with van der Waals surface area (Å²) < 4.78 is 1.74. The van der Waals surface area contributed by atoms with Crippen LogP contribution >= 0.6 is 23.6 Å². The van der Waals surface area contributed by atoms with Gasteiger partial charge in [0.25, 0.3) is 5.56 Å². The van der Waals surface area contributed by atoms with Crippen molar-refractivity contribution in [3.05, 3.63) is 20.8 Å². The quantitative estimate of drug-likeness (QED) is 0.789. The first-order chi connectivity index (χ1) is 12.6. The average molecular weight is 392 g/mol. The normalized spacial score (nSPS) is 17.5. The minimum atomic E-state index is 0.106. The Hall–Kier alpha value is -1.67. The van der Waals surface area contributed by atoms with E-state index in [9.17, 15) is 4.79 Å². The SMILES string of the molecule is CCNC(=S)N1CCN(c2nc3sc4c(c3c(=O)n2C)CCCC4)CC1. The average Bonchev–Trinajstić information content (AvgIpc) is 3.03. The van der Waals surface area contributed by atoms with Gasteiger partial charge in [-0.1, -0.05) is 0 Å². The Kier molecular flexibility index (Phi) is 4.88. The van der Waals surface area contributed by atoms with Crippen molar-refractivity contribution in [1.82, 2.24) is 19.8 Å². The van der Waals surface area contributed by atoms with Crippen LogP contribution in [0.4, 0.5) is 5.95 Å². The Balaban J connectivity index is 1.63. The van der Waals surface area contributed by atoms with Crippen molar-refractivity contribution in [3.8, 4) is 0 Å². The number of aromatic nitrogens is 2. The minimum Gasteiger partial charge on any atom is -0.363 e. The molecular weight excluding hydrogens is 366 g/mol. The predicted octanol–water partition coefficient (Wildman–Crippen LogP) is 1.89. The van der Waals surface area contributed by atoms with Crippen LogP contribution in [0.1, 0.15) is 30.2 Å². The summed E-state index contributed by atoms with van der Waals surface area (Å²) >= 11 is 7.14.